The number of aliphatic hydroxyl groups excluding tert-OH is 1. The van der Waals surface area contributed by atoms with Crippen LogP contribution in [0, 0.1) is 5.41 Å². The molecule has 1 aromatic heterocycles. The molecule has 0 fully saturated rings. The number of nitrogen functional groups attached to an aromatic ring is 1. The van der Waals surface area contributed by atoms with Gasteiger partial charge in [-0.25, -0.2) is 13.1 Å². The highest BCUT2D eigenvalue weighted by atomic mass is 32.2. The zero-order chi connectivity index (χ0) is 14.7. The van der Waals surface area contributed by atoms with Crippen LogP contribution in [-0.2, 0) is 17.1 Å². The maximum absolute atomic E-state index is 12.1. The van der Waals surface area contributed by atoms with Gasteiger partial charge in [0, 0.05) is 26.4 Å². The zero-order valence-corrected chi connectivity index (χ0v) is 12.4. The van der Waals surface area contributed by atoms with Crippen LogP contribution in [0.1, 0.15) is 26.7 Å². The molecule has 110 valence electrons. The van der Waals surface area contributed by atoms with Crippen LogP contribution >= 0.6 is 0 Å². The van der Waals surface area contributed by atoms with E-state index < -0.39 is 10.0 Å². The lowest BCUT2D eigenvalue weighted by molar-refractivity contribution is 0.242. The summed E-state index contributed by atoms with van der Waals surface area (Å²) in [7, 11) is -2.04. The van der Waals surface area contributed by atoms with Crippen LogP contribution in [0.5, 0.6) is 0 Å². The van der Waals surface area contributed by atoms with Crippen molar-refractivity contribution in [2.24, 2.45) is 12.5 Å². The lowest BCUT2D eigenvalue weighted by Gasteiger charge is -2.24. The number of rotatable bonds is 7. The summed E-state index contributed by atoms with van der Waals surface area (Å²) in [6, 6.07) is 0. The average molecular weight is 290 g/mol. The Morgan fingerprint density at radius 1 is 1.53 bits per heavy atom. The molecule has 0 aliphatic rings. The fourth-order valence-electron chi connectivity index (χ4n) is 1.71. The minimum absolute atomic E-state index is 0.00652. The Hall–Kier alpha value is -1.12. The molecule has 19 heavy (non-hydrogen) atoms. The number of aryl methyl sites for hydroxylation is 1. The van der Waals surface area contributed by atoms with Gasteiger partial charge >= 0.3 is 0 Å². The van der Waals surface area contributed by atoms with Gasteiger partial charge in [-0.3, -0.25) is 4.68 Å². The van der Waals surface area contributed by atoms with E-state index in [0.29, 0.717) is 6.42 Å². The molecule has 0 aliphatic heterocycles. The summed E-state index contributed by atoms with van der Waals surface area (Å²) in [5, 5.41) is 12.6. The van der Waals surface area contributed by atoms with Crippen LogP contribution in [-0.4, -0.2) is 36.5 Å². The van der Waals surface area contributed by atoms with Gasteiger partial charge in [0.25, 0.3) is 0 Å². The lowest BCUT2D eigenvalue weighted by Crippen LogP contribution is -2.34. The molecule has 0 saturated heterocycles. The van der Waals surface area contributed by atoms with E-state index in [1.165, 1.54) is 10.9 Å². The molecule has 1 aromatic rings. The number of nitrogens with zero attached hydrogens (tertiary/aromatic N) is 2. The molecule has 0 aliphatic carbocycles. The summed E-state index contributed by atoms with van der Waals surface area (Å²) in [6.45, 7) is 4.27. The van der Waals surface area contributed by atoms with E-state index in [0.717, 1.165) is 6.42 Å². The molecule has 0 bridgehead atoms. The van der Waals surface area contributed by atoms with E-state index in [9.17, 15) is 8.42 Å². The summed E-state index contributed by atoms with van der Waals surface area (Å²) < 4.78 is 28.1. The van der Waals surface area contributed by atoms with Gasteiger partial charge in [0.05, 0.1) is 0 Å². The van der Waals surface area contributed by atoms with Crippen LogP contribution in [0.15, 0.2) is 11.1 Å². The molecule has 0 amide bonds. The number of hydrogen-bond donors (Lipinski definition) is 3. The maximum Gasteiger partial charge on any atom is 0.245 e. The molecule has 0 aromatic carbocycles. The average Bonchev–Trinajstić information content (AvgIpc) is 2.65. The molecule has 1 heterocycles. The number of aromatic nitrogens is 2. The Kier molecular flexibility index (Phi) is 4.94. The highest BCUT2D eigenvalue weighted by Crippen LogP contribution is 2.22. The topological polar surface area (TPSA) is 110 Å². The van der Waals surface area contributed by atoms with Gasteiger partial charge in [-0.2, -0.15) is 5.10 Å². The normalized spacial score (nSPS) is 12.8. The first kappa shape index (κ1) is 15.9. The number of sulfonamides is 1. The Bertz CT molecular complexity index is 522. The van der Waals surface area contributed by atoms with Gasteiger partial charge in [0.2, 0.25) is 10.0 Å². The smallest absolute Gasteiger partial charge is 0.245 e. The van der Waals surface area contributed by atoms with Crippen LogP contribution in [0.4, 0.5) is 5.82 Å². The van der Waals surface area contributed by atoms with Crippen molar-refractivity contribution >= 4 is 15.8 Å². The molecular weight excluding hydrogens is 268 g/mol. The largest absolute Gasteiger partial charge is 0.396 e. The van der Waals surface area contributed by atoms with Gasteiger partial charge in [0.15, 0.2) is 5.82 Å². The molecule has 7 nitrogen and oxygen atoms in total. The number of anilines is 1. The molecule has 0 saturated carbocycles. The Morgan fingerprint density at radius 3 is 2.63 bits per heavy atom. The van der Waals surface area contributed by atoms with Crippen LogP contribution in [0.3, 0.4) is 0 Å². The number of hydrogen-bond acceptors (Lipinski definition) is 5. The predicted molar refractivity (Wildman–Crippen MR) is 72.9 cm³/mol. The monoisotopic (exact) mass is 290 g/mol. The molecule has 8 heteroatoms. The van der Waals surface area contributed by atoms with Crippen molar-refractivity contribution in [2.75, 3.05) is 18.9 Å². The maximum atomic E-state index is 12.1. The molecule has 0 unspecified atom stereocenters. The Labute approximate surface area is 113 Å². The van der Waals surface area contributed by atoms with E-state index in [1.54, 1.807) is 7.05 Å². The van der Waals surface area contributed by atoms with Crippen molar-refractivity contribution in [3.63, 3.8) is 0 Å². The van der Waals surface area contributed by atoms with E-state index in [-0.39, 0.29) is 29.3 Å². The first-order chi connectivity index (χ1) is 8.68. The Morgan fingerprint density at radius 2 is 2.16 bits per heavy atom. The highest BCUT2D eigenvalue weighted by Gasteiger charge is 2.24. The third-order valence-electron chi connectivity index (χ3n) is 2.86. The zero-order valence-electron chi connectivity index (χ0n) is 11.5. The van der Waals surface area contributed by atoms with Gasteiger partial charge < -0.3 is 10.8 Å². The second kappa shape index (κ2) is 5.89. The number of nitrogens with one attached hydrogen (secondary N) is 1. The summed E-state index contributed by atoms with van der Waals surface area (Å²) >= 11 is 0. The van der Waals surface area contributed by atoms with Crippen LogP contribution < -0.4 is 10.5 Å². The van der Waals surface area contributed by atoms with E-state index in [4.69, 9.17) is 10.8 Å². The predicted octanol–water partition coefficient (Wildman–Crippen LogP) is 0.0793. The van der Waals surface area contributed by atoms with Crippen LogP contribution in [0.25, 0.3) is 0 Å². The summed E-state index contributed by atoms with van der Waals surface area (Å²) in [4.78, 5) is -0.00652. The van der Waals surface area contributed by atoms with Crippen molar-refractivity contribution in [3.8, 4) is 0 Å². The minimum Gasteiger partial charge on any atom is -0.396 e. The van der Waals surface area contributed by atoms with Crippen molar-refractivity contribution < 1.29 is 13.5 Å². The van der Waals surface area contributed by atoms with Gasteiger partial charge in [0.1, 0.15) is 4.90 Å². The first-order valence-corrected chi connectivity index (χ1v) is 7.56. The Balaban J connectivity index is 2.73. The molecule has 0 atom stereocenters. The summed E-state index contributed by atoms with van der Waals surface area (Å²) in [5.74, 6) is -0.0110. The van der Waals surface area contributed by atoms with E-state index in [2.05, 4.69) is 9.82 Å². The van der Waals surface area contributed by atoms with E-state index >= 15 is 0 Å². The highest BCUT2D eigenvalue weighted by molar-refractivity contribution is 7.89. The van der Waals surface area contributed by atoms with Crippen molar-refractivity contribution in [2.45, 2.75) is 31.6 Å². The fraction of sp³-hybridized carbons (Fsp3) is 0.727. The lowest BCUT2D eigenvalue weighted by atomic mass is 9.88. The molecule has 4 N–H and O–H groups in total. The molecule has 0 spiro atoms. The van der Waals surface area contributed by atoms with Gasteiger partial charge in [-0.05, 0) is 18.3 Å². The van der Waals surface area contributed by atoms with Crippen LogP contribution in [0.2, 0.25) is 0 Å². The van der Waals surface area contributed by atoms with Crippen molar-refractivity contribution in [1.82, 2.24) is 14.5 Å². The second-order valence-electron chi connectivity index (χ2n) is 5.37. The standard InChI is InChI=1S/C11H22N4O3S/c1-11(2,5-4-6-16)8-13-19(17,18)9-7-15(3)14-10(9)12/h7,13,16H,4-6,8H2,1-3H3,(H2,12,14). The first-order valence-electron chi connectivity index (χ1n) is 6.07. The summed E-state index contributed by atoms with van der Waals surface area (Å²) in [6.07, 6.45) is 2.75. The third-order valence-corrected chi connectivity index (χ3v) is 4.28. The van der Waals surface area contributed by atoms with Gasteiger partial charge in [-0.1, -0.05) is 13.8 Å². The molecular formula is C11H22N4O3S. The van der Waals surface area contributed by atoms with Crippen molar-refractivity contribution in [1.29, 1.82) is 0 Å². The van der Waals surface area contributed by atoms with Crippen molar-refractivity contribution in [3.05, 3.63) is 6.20 Å². The second-order valence-corrected chi connectivity index (χ2v) is 7.10. The quantitative estimate of drug-likeness (QED) is 0.658. The SMILES string of the molecule is Cn1cc(S(=O)(=O)NCC(C)(C)CCCO)c(N)n1. The molecule has 1 rings (SSSR count). The summed E-state index contributed by atoms with van der Waals surface area (Å²) in [5.41, 5.74) is 5.33. The minimum atomic E-state index is -3.65. The fourth-order valence-corrected chi connectivity index (χ4v) is 3.05. The van der Waals surface area contributed by atoms with Gasteiger partial charge in [-0.15, -0.1) is 0 Å². The number of nitrogens with two attached hydrogens (primary N) is 1. The number of aliphatic hydroxyl groups is 1. The van der Waals surface area contributed by atoms with E-state index in [1.807, 2.05) is 13.8 Å². The molecule has 0 radical (unpaired) electrons. The third kappa shape index (κ3) is 4.48.